The van der Waals surface area contributed by atoms with Gasteiger partial charge in [-0.15, -0.1) is 0 Å². The van der Waals surface area contributed by atoms with E-state index >= 15 is 0 Å². The van der Waals surface area contributed by atoms with Crippen molar-refractivity contribution in [2.24, 2.45) is 0 Å². The smallest absolute Gasteiger partial charge is 0.257 e. The minimum absolute atomic E-state index is 0.0314. The van der Waals surface area contributed by atoms with Gasteiger partial charge in [-0.2, -0.15) is 5.10 Å². The van der Waals surface area contributed by atoms with Gasteiger partial charge in [0.2, 0.25) is 0 Å². The number of hydrogen-bond donors (Lipinski definition) is 1. The van der Waals surface area contributed by atoms with Crippen LogP contribution >= 0.6 is 0 Å². The Labute approximate surface area is 121 Å². The number of ether oxygens (including phenoxy) is 1. The van der Waals surface area contributed by atoms with Crippen LogP contribution in [0.2, 0.25) is 0 Å². The van der Waals surface area contributed by atoms with Gasteiger partial charge in [0.15, 0.2) is 0 Å². The number of carbonyl (C=O) groups is 1. The molecule has 0 bridgehead atoms. The number of nitrogens with one attached hydrogen (secondary N) is 1. The van der Waals surface area contributed by atoms with Gasteiger partial charge in [-0.25, -0.2) is 4.39 Å². The van der Waals surface area contributed by atoms with Crippen molar-refractivity contribution in [3.63, 3.8) is 0 Å². The average Bonchev–Trinajstić information content (AvgIpc) is 2.96. The molecule has 1 fully saturated rings. The topological polar surface area (TPSA) is 58.2 Å². The molecular formula is C15H16FN3O2. The summed E-state index contributed by atoms with van der Waals surface area (Å²) in [6, 6.07) is 5.98. The summed E-state index contributed by atoms with van der Waals surface area (Å²) in [5, 5.41) is 6.78. The first kappa shape index (κ1) is 13.8. The highest BCUT2D eigenvalue weighted by atomic mass is 19.1. The van der Waals surface area contributed by atoms with Crippen molar-refractivity contribution in [1.29, 1.82) is 0 Å². The number of hydrogen-bond acceptors (Lipinski definition) is 3. The molecule has 6 heteroatoms. The Morgan fingerprint density at radius 2 is 2.19 bits per heavy atom. The van der Waals surface area contributed by atoms with Crippen molar-refractivity contribution in [1.82, 2.24) is 15.1 Å². The van der Waals surface area contributed by atoms with E-state index in [1.807, 2.05) is 6.92 Å². The fourth-order valence-corrected chi connectivity index (χ4v) is 2.46. The molecule has 2 aromatic rings. The van der Waals surface area contributed by atoms with Gasteiger partial charge in [-0.1, -0.05) is 0 Å². The van der Waals surface area contributed by atoms with E-state index in [1.54, 1.807) is 17.0 Å². The van der Waals surface area contributed by atoms with Gasteiger partial charge in [-0.05, 0) is 31.2 Å². The first-order chi connectivity index (χ1) is 10.1. The van der Waals surface area contributed by atoms with Crippen LogP contribution in [0.1, 0.15) is 17.3 Å². The molecule has 1 aliphatic rings. The number of nitrogens with zero attached hydrogens (tertiary/aromatic N) is 2. The third kappa shape index (κ3) is 2.80. The molecule has 1 N–H and O–H groups in total. The van der Waals surface area contributed by atoms with Crippen molar-refractivity contribution in [3.05, 3.63) is 41.8 Å². The van der Waals surface area contributed by atoms with Crippen molar-refractivity contribution in [2.75, 3.05) is 19.7 Å². The van der Waals surface area contributed by atoms with Gasteiger partial charge in [-0.3, -0.25) is 9.89 Å². The molecule has 0 radical (unpaired) electrons. The molecule has 1 atom stereocenters. The summed E-state index contributed by atoms with van der Waals surface area (Å²) >= 11 is 0. The van der Waals surface area contributed by atoms with E-state index in [-0.39, 0.29) is 17.8 Å². The lowest BCUT2D eigenvalue weighted by molar-refractivity contribution is -0.0123. The van der Waals surface area contributed by atoms with Crippen LogP contribution in [-0.2, 0) is 4.74 Å². The monoisotopic (exact) mass is 289 g/mol. The summed E-state index contributed by atoms with van der Waals surface area (Å²) in [7, 11) is 0. The summed E-state index contributed by atoms with van der Waals surface area (Å²) in [5.41, 5.74) is 1.84. The van der Waals surface area contributed by atoms with Crippen molar-refractivity contribution in [2.45, 2.75) is 13.0 Å². The molecule has 1 aromatic heterocycles. The van der Waals surface area contributed by atoms with E-state index in [1.165, 1.54) is 18.3 Å². The zero-order valence-corrected chi connectivity index (χ0v) is 11.7. The molecule has 3 rings (SSSR count). The lowest BCUT2D eigenvalue weighted by Gasteiger charge is -2.31. The summed E-state index contributed by atoms with van der Waals surface area (Å²) in [4.78, 5) is 14.4. The number of aromatic nitrogens is 2. The molecule has 1 aromatic carbocycles. The number of rotatable bonds is 2. The SMILES string of the molecule is C[C@H]1CN(C(=O)c2cn[nH]c2-c2ccc(F)cc2)CCO1. The summed E-state index contributed by atoms with van der Waals surface area (Å²) in [5.74, 6) is -0.397. The predicted molar refractivity (Wildman–Crippen MR) is 75.3 cm³/mol. The molecule has 1 amide bonds. The second-order valence-corrected chi connectivity index (χ2v) is 5.10. The Balaban J connectivity index is 1.88. The van der Waals surface area contributed by atoms with E-state index in [0.29, 0.717) is 31.0 Å². The number of morpholine rings is 1. The molecular weight excluding hydrogens is 273 g/mol. The van der Waals surface area contributed by atoms with Gasteiger partial charge in [0.05, 0.1) is 30.2 Å². The average molecular weight is 289 g/mol. The maximum Gasteiger partial charge on any atom is 0.257 e. The molecule has 21 heavy (non-hydrogen) atoms. The van der Waals surface area contributed by atoms with Crippen LogP contribution in [0.15, 0.2) is 30.5 Å². The third-order valence-corrected chi connectivity index (χ3v) is 3.53. The highest BCUT2D eigenvalue weighted by Crippen LogP contribution is 2.23. The first-order valence-electron chi connectivity index (χ1n) is 6.85. The van der Waals surface area contributed by atoms with Gasteiger partial charge in [0, 0.05) is 18.7 Å². The van der Waals surface area contributed by atoms with Crippen LogP contribution in [0, 0.1) is 5.82 Å². The molecule has 0 aliphatic carbocycles. The molecule has 1 saturated heterocycles. The second-order valence-electron chi connectivity index (χ2n) is 5.10. The van der Waals surface area contributed by atoms with Crippen molar-refractivity contribution in [3.8, 4) is 11.3 Å². The Morgan fingerprint density at radius 1 is 1.43 bits per heavy atom. The van der Waals surface area contributed by atoms with Crippen LogP contribution < -0.4 is 0 Å². The largest absolute Gasteiger partial charge is 0.375 e. The van der Waals surface area contributed by atoms with Crippen LogP contribution in [0.4, 0.5) is 4.39 Å². The Kier molecular flexibility index (Phi) is 3.70. The van der Waals surface area contributed by atoms with Crippen LogP contribution in [0.25, 0.3) is 11.3 Å². The first-order valence-corrected chi connectivity index (χ1v) is 6.85. The number of carbonyl (C=O) groups excluding carboxylic acids is 1. The zero-order valence-electron chi connectivity index (χ0n) is 11.7. The molecule has 0 unspecified atom stereocenters. The molecule has 0 saturated carbocycles. The number of aromatic amines is 1. The molecule has 110 valence electrons. The number of halogens is 1. The Hall–Kier alpha value is -2.21. The van der Waals surface area contributed by atoms with Crippen LogP contribution in [-0.4, -0.2) is 46.8 Å². The second kappa shape index (κ2) is 5.65. The van der Waals surface area contributed by atoms with Crippen LogP contribution in [0.3, 0.4) is 0 Å². The molecule has 1 aliphatic heterocycles. The van der Waals surface area contributed by atoms with Gasteiger partial charge in [0.25, 0.3) is 5.91 Å². The van der Waals surface area contributed by atoms with E-state index in [4.69, 9.17) is 4.74 Å². The van der Waals surface area contributed by atoms with E-state index in [2.05, 4.69) is 10.2 Å². The van der Waals surface area contributed by atoms with Gasteiger partial charge in [0.1, 0.15) is 5.82 Å². The Morgan fingerprint density at radius 3 is 2.90 bits per heavy atom. The molecule has 0 spiro atoms. The Bertz CT molecular complexity index is 639. The maximum absolute atomic E-state index is 13.0. The van der Waals surface area contributed by atoms with Crippen LogP contribution in [0.5, 0.6) is 0 Å². The number of benzene rings is 1. The zero-order chi connectivity index (χ0) is 14.8. The standard InChI is InChI=1S/C15H16FN3O2/c1-10-9-19(6-7-21-10)15(20)13-8-17-18-14(13)11-2-4-12(16)5-3-11/h2-5,8,10H,6-7,9H2,1H3,(H,17,18)/t10-/m0/s1. The molecule has 2 heterocycles. The fourth-order valence-electron chi connectivity index (χ4n) is 2.46. The molecule has 5 nitrogen and oxygen atoms in total. The highest BCUT2D eigenvalue weighted by molar-refractivity contribution is 5.99. The van der Waals surface area contributed by atoms with Gasteiger partial charge >= 0.3 is 0 Å². The van der Waals surface area contributed by atoms with Crippen molar-refractivity contribution < 1.29 is 13.9 Å². The highest BCUT2D eigenvalue weighted by Gasteiger charge is 2.25. The lowest BCUT2D eigenvalue weighted by atomic mass is 10.1. The van der Waals surface area contributed by atoms with Crippen molar-refractivity contribution >= 4 is 5.91 Å². The quantitative estimate of drug-likeness (QED) is 0.921. The summed E-state index contributed by atoms with van der Waals surface area (Å²) in [6.45, 7) is 3.61. The van der Waals surface area contributed by atoms with E-state index in [0.717, 1.165) is 5.56 Å². The van der Waals surface area contributed by atoms with E-state index in [9.17, 15) is 9.18 Å². The normalized spacial score (nSPS) is 18.8. The minimum Gasteiger partial charge on any atom is -0.375 e. The van der Waals surface area contributed by atoms with Gasteiger partial charge < -0.3 is 9.64 Å². The number of amides is 1. The fraction of sp³-hybridized carbons (Fsp3) is 0.333. The summed E-state index contributed by atoms with van der Waals surface area (Å²) < 4.78 is 18.5. The summed E-state index contributed by atoms with van der Waals surface area (Å²) in [6.07, 6.45) is 1.55. The maximum atomic E-state index is 13.0. The number of H-pyrrole nitrogens is 1. The minimum atomic E-state index is -0.312. The predicted octanol–water partition coefficient (Wildman–Crippen LogP) is 2.08. The third-order valence-electron chi connectivity index (χ3n) is 3.53. The van der Waals surface area contributed by atoms with E-state index < -0.39 is 0 Å². The lowest BCUT2D eigenvalue weighted by Crippen LogP contribution is -2.44.